The maximum atomic E-state index is 10.6. The van der Waals surface area contributed by atoms with Crippen LogP contribution in [-0.4, -0.2) is 15.7 Å². The van der Waals surface area contributed by atoms with Crippen molar-refractivity contribution in [2.45, 2.75) is 19.3 Å². The number of aryl methyl sites for hydroxylation is 1. The molecule has 0 fully saturated rings. The van der Waals surface area contributed by atoms with Crippen LogP contribution in [0.15, 0.2) is 46.1 Å². The highest BCUT2D eigenvalue weighted by Crippen LogP contribution is 2.22. The lowest BCUT2D eigenvalue weighted by Gasteiger charge is -2.13. The zero-order valence-electron chi connectivity index (χ0n) is 12.1. The molecule has 0 spiro atoms. The second-order valence-electron chi connectivity index (χ2n) is 5.04. The van der Waals surface area contributed by atoms with Crippen LogP contribution in [0.4, 0.5) is 11.4 Å². The Balaban J connectivity index is 1.62. The third-order valence-electron chi connectivity index (χ3n) is 3.50. The first-order valence-corrected chi connectivity index (χ1v) is 7.49. The van der Waals surface area contributed by atoms with Crippen LogP contribution in [-0.2, 0) is 6.42 Å². The monoisotopic (exact) mass is 330 g/mol. The Morgan fingerprint density at radius 3 is 2.78 bits per heavy atom. The van der Waals surface area contributed by atoms with Crippen molar-refractivity contribution in [3.8, 4) is 0 Å². The number of nitrogens with zero attached hydrogens (tertiary/aromatic N) is 2. The largest absolute Gasteiger partial charge is 0.469 e. The van der Waals surface area contributed by atoms with Gasteiger partial charge in [0.25, 0.3) is 5.69 Å². The molecule has 0 amide bonds. The van der Waals surface area contributed by atoms with Gasteiger partial charge in [-0.3, -0.25) is 15.5 Å². The number of rotatable bonds is 3. The van der Waals surface area contributed by atoms with Crippen molar-refractivity contribution >= 4 is 34.4 Å². The fraction of sp³-hybridized carbons (Fsp3) is 0.200. The van der Waals surface area contributed by atoms with Gasteiger partial charge in [0.1, 0.15) is 5.76 Å². The van der Waals surface area contributed by atoms with Gasteiger partial charge in [0, 0.05) is 29.8 Å². The summed E-state index contributed by atoms with van der Waals surface area (Å²) in [4.78, 5) is 10.2. The summed E-state index contributed by atoms with van der Waals surface area (Å²) < 4.78 is 5.41. The van der Waals surface area contributed by atoms with Gasteiger partial charge in [-0.05, 0) is 43.3 Å². The number of nitro benzene ring substituents is 1. The number of nitrogens with one attached hydrogen (secondary N) is 2. The van der Waals surface area contributed by atoms with E-state index in [9.17, 15) is 10.1 Å². The maximum absolute atomic E-state index is 10.6. The first-order chi connectivity index (χ1) is 11.1. The molecule has 8 heteroatoms. The first-order valence-electron chi connectivity index (χ1n) is 7.08. The van der Waals surface area contributed by atoms with Gasteiger partial charge in [0.2, 0.25) is 0 Å². The number of nitro groups is 1. The Bertz CT molecular complexity index is 767. The average Bonchev–Trinajstić information content (AvgIpc) is 3.02. The van der Waals surface area contributed by atoms with Crippen LogP contribution in [0.5, 0.6) is 0 Å². The Kier molecular flexibility index (Phi) is 4.33. The highest BCUT2D eigenvalue weighted by molar-refractivity contribution is 7.80. The average molecular weight is 330 g/mol. The molecule has 118 valence electrons. The van der Waals surface area contributed by atoms with Gasteiger partial charge in [-0.2, -0.15) is 5.10 Å². The molecule has 1 aliphatic carbocycles. The molecule has 23 heavy (non-hydrogen) atoms. The molecule has 2 aromatic rings. The summed E-state index contributed by atoms with van der Waals surface area (Å²) in [6.45, 7) is 0. The quantitative estimate of drug-likeness (QED) is 0.510. The van der Waals surface area contributed by atoms with Crippen molar-refractivity contribution in [3.63, 3.8) is 0 Å². The first kappa shape index (κ1) is 15.2. The Labute approximate surface area is 137 Å². The molecule has 0 unspecified atom stereocenters. The number of thiocarbonyl (C=S) groups is 1. The summed E-state index contributed by atoms with van der Waals surface area (Å²) in [6, 6.07) is 7.91. The van der Waals surface area contributed by atoms with Crippen LogP contribution >= 0.6 is 12.2 Å². The zero-order chi connectivity index (χ0) is 16.2. The second-order valence-corrected chi connectivity index (χ2v) is 5.45. The standard InChI is InChI=1S/C15H14N4O3S/c20-19(21)11-6-4-10(5-7-11)16-15(23)18-17-13-2-1-3-14-12(13)8-9-22-14/h4-9H,1-3H2,(H2,16,18,23). The van der Waals surface area contributed by atoms with Crippen LogP contribution in [0.3, 0.4) is 0 Å². The van der Waals surface area contributed by atoms with Gasteiger partial charge < -0.3 is 9.73 Å². The lowest BCUT2D eigenvalue weighted by Crippen LogP contribution is -2.26. The van der Waals surface area contributed by atoms with E-state index in [-0.39, 0.29) is 5.69 Å². The Hall–Kier alpha value is -2.74. The minimum atomic E-state index is -0.447. The molecule has 3 rings (SSSR count). The van der Waals surface area contributed by atoms with E-state index in [1.54, 1.807) is 18.4 Å². The van der Waals surface area contributed by atoms with E-state index in [1.807, 2.05) is 6.07 Å². The molecule has 0 bridgehead atoms. The summed E-state index contributed by atoms with van der Waals surface area (Å²) in [5, 5.41) is 18.2. The van der Waals surface area contributed by atoms with Crippen LogP contribution in [0.2, 0.25) is 0 Å². The zero-order valence-corrected chi connectivity index (χ0v) is 12.9. The number of furan rings is 1. The Morgan fingerprint density at radius 2 is 2.04 bits per heavy atom. The minimum absolute atomic E-state index is 0.0318. The van der Waals surface area contributed by atoms with Gasteiger partial charge in [0.05, 0.1) is 16.9 Å². The van der Waals surface area contributed by atoms with Crippen molar-refractivity contribution in [1.29, 1.82) is 0 Å². The van der Waals surface area contributed by atoms with Crippen LogP contribution < -0.4 is 10.7 Å². The molecule has 7 nitrogen and oxygen atoms in total. The molecule has 0 aliphatic heterocycles. The molecule has 2 N–H and O–H groups in total. The molecular formula is C15H14N4O3S. The summed E-state index contributed by atoms with van der Waals surface area (Å²) in [5.74, 6) is 0.950. The number of benzene rings is 1. The lowest BCUT2D eigenvalue weighted by molar-refractivity contribution is -0.384. The van der Waals surface area contributed by atoms with E-state index in [1.165, 1.54) is 12.1 Å². The van der Waals surface area contributed by atoms with E-state index in [0.29, 0.717) is 10.8 Å². The van der Waals surface area contributed by atoms with Gasteiger partial charge in [-0.15, -0.1) is 0 Å². The number of hydrogen-bond donors (Lipinski definition) is 2. The van der Waals surface area contributed by atoms with Crippen molar-refractivity contribution in [3.05, 3.63) is 58.0 Å². The maximum Gasteiger partial charge on any atom is 0.269 e. The van der Waals surface area contributed by atoms with Crippen LogP contribution in [0, 0.1) is 10.1 Å². The summed E-state index contributed by atoms with van der Waals surface area (Å²) in [6.07, 6.45) is 4.44. The van der Waals surface area contributed by atoms with Crippen LogP contribution in [0.1, 0.15) is 24.2 Å². The van der Waals surface area contributed by atoms with E-state index in [2.05, 4.69) is 15.8 Å². The van der Waals surface area contributed by atoms with E-state index >= 15 is 0 Å². The fourth-order valence-corrected chi connectivity index (χ4v) is 2.57. The van der Waals surface area contributed by atoms with E-state index in [4.69, 9.17) is 16.6 Å². The number of hydrazone groups is 1. The van der Waals surface area contributed by atoms with Gasteiger partial charge in [-0.1, -0.05) is 0 Å². The minimum Gasteiger partial charge on any atom is -0.469 e. The molecule has 0 atom stereocenters. The number of hydrogen-bond acceptors (Lipinski definition) is 5. The van der Waals surface area contributed by atoms with Gasteiger partial charge in [-0.25, -0.2) is 0 Å². The van der Waals surface area contributed by atoms with Crippen molar-refractivity contribution < 1.29 is 9.34 Å². The molecule has 1 aliphatic rings. The Morgan fingerprint density at radius 1 is 1.26 bits per heavy atom. The summed E-state index contributed by atoms with van der Waals surface area (Å²) >= 11 is 5.18. The lowest BCUT2D eigenvalue weighted by atomic mass is 9.97. The summed E-state index contributed by atoms with van der Waals surface area (Å²) in [7, 11) is 0. The third kappa shape index (κ3) is 3.54. The highest BCUT2D eigenvalue weighted by Gasteiger charge is 2.18. The van der Waals surface area contributed by atoms with Gasteiger partial charge >= 0.3 is 0 Å². The number of anilines is 1. The third-order valence-corrected chi connectivity index (χ3v) is 3.70. The molecule has 0 radical (unpaired) electrons. The smallest absolute Gasteiger partial charge is 0.269 e. The SMILES string of the molecule is O=[N+]([O-])c1ccc(NC(=S)NN=C2CCCc3occc32)cc1. The van der Waals surface area contributed by atoms with Gasteiger partial charge in [0.15, 0.2) is 5.11 Å². The van der Waals surface area contributed by atoms with Crippen molar-refractivity contribution in [2.75, 3.05) is 5.32 Å². The predicted molar refractivity (Wildman–Crippen MR) is 90.6 cm³/mol. The molecule has 1 aromatic carbocycles. The number of fused-ring (bicyclic) bond motifs is 1. The predicted octanol–water partition coefficient (Wildman–Crippen LogP) is 3.21. The van der Waals surface area contributed by atoms with Crippen molar-refractivity contribution in [1.82, 2.24) is 5.43 Å². The molecule has 1 heterocycles. The van der Waals surface area contributed by atoms with E-state index < -0.39 is 4.92 Å². The highest BCUT2D eigenvalue weighted by atomic mass is 32.1. The molecule has 1 aromatic heterocycles. The fourth-order valence-electron chi connectivity index (χ4n) is 2.40. The molecule has 0 saturated carbocycles. The summed E-state index contributed by atoms with van der Waals surface area (Å²) in [5.41, 5.74) is 5.41. The molecule has 0 saturated heterocycles. The van der Waals surface area contributed by atoms with E-state index in [0.717, 1.165) is 36.3 Å². The topological polar surface area (TPSA) is 92.7 Å². The number of non-ortho nitro benzene ring substituents is 1. The van der Waals surface area contributed by atoms with Crippen LogP contribution in [0.25, 0.3) is 0 Å². The molecular weight excluding hydrogens is 316 g/mol. The second kappa shape index (κ2) is 6.57. The normalized spacial score (nSPS) is 15.0. The van der Waals surface area contributed by atoms with Crippen molar-refractivity contribution in [2.24, 2.45) is 5.10 Å².